The average Bonchev–Trinajstić information content (AvgIpc) is 2.25. The maximum Gasteiger partial charge on any atom is 0.343 e. The molecule has 0 radical (unpaired) electrons. The number of nitro groups is 1. The lowest BCUT2D eigenvalue weighted by Crippen LogP contribution is -2.15. The van der Waals surface area contributed by atoms with Gasteiger partial charge in [-0.25, -0.2) is 14.6 Å². The van der Waals surface area contributed by atoms with Gasteiger partial charge in [-0.2, -0.15) is 0 Å². The molecule has 0 amide bonds. The molecule has 18 heavy (non-hydrogen) atoms. The van der Waals surface area contributed by atoms with Gasteiger partial charge in [0, 0.05) is 0 Å². The standard InChI is InChI=1S/C9H8N2O7/c1-3-6(11(16)17)4(8(12)13)5(9(14)15)7(10-3)18-2/h1-2H3,(H,12,13)(H,14,15). The van der Waals surface area contributed by atoms with E-state index in [1.807, 2.05) is 0 Å². The zero-order valence-electron chi connectivity index (χ0n) is 9.33. The predicted octanol–water partition coefficient (Wildman–Crippen LogP) is 0.703. The highest BCUT2D eigenvalue weighted by Crippen LogP contribution is 2.31. The molecule has 9 nitrogen and oxygen atoms in total. The number of methoxy groups -OCH3 is 1. The number of rotatable bonds is 4. The van der Waals surface area contributed by atoms with Gasteiger partial charge in [0.2, 0.25) is 5.88 Å². The van der Waals surface area contributed by atoms with Crippen LogP contribution in [0.1, 0.15) is 26.4 Å². The first kappa shape index (κ1) is 13.4. The molecule has 1 rings (SSSR count). The Hall–Kier alpha value is -2.71. The van der Waals surface area contributed by atoms with Gasteiger partial charge in [-0.1, -0.05) is 0 Å². The molecule has 0 aromatic carbocycles. The minimum Gasteiger partial charge on any atom is -0.480 e. The molecule has 0 fully saturated rings. The Morgan fingerprint density at radius 2 is 1.78 bits per heavy atom. The van der Waals surface area contributed by atoms with Gasteiger partial charge in [0.15, 0.2) is 5.56 Å². The molecule has 2 N–H and O–H groups in total. The summed E-state index contributed by atoms with van der Waals surface area (Å²) in [6.07, 6.45) is 0. The van der Waals surface area contributed by atoms with Gasteiger partial charge in [-0.15, -0.1) is 0 Å². The topological polar surface area (TPSA) is 140 Å². The normalized spacial score (nSPS) is 9.89. The summed E-state index contributed by atoms with van der Waals surface area (Å²) in [6.45, 7) is 1.19. The van der Waals surface area contributed by atoms with E-state index in [-0.39, 0.29) is 5.69 Å². The molecule has 0 bridgehead atoms. The first-order valence-corrected chi connectivity index (χ1v) is 4.50. The lowest BCUT2D eigenvalue weighted by atomic mass is 10.1. The molecule has 1 aromatic heterocycles. The average molecular weight is 256 g/mol. The van der Waals surface area contributed by atoms with Gasteiger partial charge in [0.1, 0.15) is 11.3 Å². The van der Waals surface area contributed by atoms with Crippen LogP contribution in [0.15, 0.2) is 0 Å². The molecule has 0 atom stereocenters. The molecule has 0 spiro atoms. The Kier molecular flexibility index (Phi) is 3.45. The van der Waals surface area contributed by atoms with Crippen LogP contribution >= 0.6 is 0 Å². The first-order valence-electron chi connectivity index (χ1n) is 4.50. The molecule has 9 heteroatoms. The number of pyridine rings is 1. The van der Waals surface area contributed by atoms with Gasteiger partial charge in [0.05, 0.1) is 12.0 Å². The molecule has 0 unspecified atom stereocenters. The SMILES string of the molecule is COc1nc(C)c([N+](=O)[O-])c(C(=O)O)c1C(=O)O. The summed E-state index contributed by atoms with van der Waals surface area (Å²) in [4.78, 5) is 35.4. The summed E-state index contributed by atoms with van der Waals surface area (Å²) in [6, 6.07) is 0. The Morgan fingerprint density at radius 1 is 1.28 bits per heavy atom. The van der Waals surface area contributed by atoms with Crippen LogP contribution in [0.4, 0.5) is 5.69 Å². The Bertz CT molecular complexity index is 552. The smallest absolute Gasteiger partial charge is 0.343 e. The number of carboxylic acid groups (broad SMARTS) is 2. The monoisotopic (exact) mass is 256 g/mol. The Labute approximate surface area is 99.8 Å². The highest BCUT2D eigenvalue weighted by molar-refractivity contribution is 6.06. The predicted molar refractivity (Wildman–Crippen MR) is 56.1 cm³/mol. The van der Waals surface area contributed by atoms with Crippen LogP contribution in [0.25, 0.3) is 0 Å². The van der Waals surface area contributed by atoms with E-state index in [0.29, 0.717) is 0 Å². The molecular formula is C9H8N2O7. The molecular weight excluding hydrogens is 248 g/mol. The van der Waals surface area contributed by atoms with Crippen molar-refractivity contribution >= 4 is 17.6 Å². The number of hydrogen-bond donors (Lipinski definition) is 2. The number of nitrogens with zero attached hydrogens (tertiary/aromatic N) is 2. The number of aryl methyl sites for hydroxylation is 1. The van der Waals surface area contributed by atoms with E-state index >= 15 is 0 Å². The zero-order chi connectivity index (χ0) is 14.0. The highest BCUT2D eigenvalue weighted by Gasteiger charge is 2.34. The van der Waals surface area contributed by atoms with Crippen LogP contribution in [0, 0.1) is 17.0 Å². The van der Waals surface area contributed by atoms with Crippen LogP contribution in [0.2, 0.25) is 0 Å². The Balaban J connectivity index is 3.87. The largest absolute Gasteiger partial charge is 0.480 e. The third kappa shape index (κ3) is 2.05. The van der Waals surface area contributed by atoms with E-state index in [9.17, 15) is 19.7 Å². The van der Waals surface area contributed by atoms with E-state index in [1.54, 1.807) is 0 Å². The molecule has 0 aliphatic carbocycles. The summed E-state index contributed by atoms with van der Waals surface area (Å²) in [5.74, 6) is -3.88. The Morgan fingerprint density at radius 3 is 2.11 bits per heavy atom. The van der Waals surface area contributed by atoms with Gasteiger partial charge in [-0.3, -0.25) is 10.1 Å². The van der Waals surface area contributed by atoms with E-state index in [0.717, 1.165) is 7.11 Å². The van der Waals surface area contributed by atoms with Crippen molar-refractivity contribution in [1.82, 2.24) is 4.98 Å². The number of ether oxygens (including phenoxy) is 1. The third-order valence-electron chi connectivity index (χ3n) is 2.12. The molecule has 1 heterocycles. The summed E-state index contributed by atoms with van der Waals surface area (Å²) in [5, 5.41) is 28.6. The lowest BCUT2D eigenvalue weighted by Gasteiger charge is -2.09. The molecule has 1 aromatic rings. The van der Waals surface area contributed by atoms with Crippen LogP contribution in [0.5, 0.6) is 5.88 Å². The third-order valence-corrected chi connectivity index (χ3v) is 2.12. The molecule has 0 saturated carbocycles. The van der Waals surface area contributed by atoms with Crippen LogP contribution in [0.3, 0.4) is 0 Å². The summed E-state index contributed by atoms with van der Waals surface area (Å²) >= 11 is 0. The number of aromatic nitrogens is 1. The molecule has 0 aliphatic heterocycles. The second kappa shape index (κ2) is 4.65. The fourth-order valence-electron chi connectivity index (χ4n) is 1.45. The zero-order valence-corrected chi connectivity index (χ0v) is 9.33. The van der Waals surface area contributed by atoms with E-state index < -0.39 is 39.6 Å². The van der Waals surface area contributed by atoms with Gasteiger partial charge in [0.25, 0.3) is 0 Å². The van der Waals surface area contributed by atoms with Crippen molar-refractivity contribution in [3.8, 4) is 5.88 Å². The highest BCUT2D eigenvalue weighted by atomic mass is 16.6. The minimum absolute atomic E-state index is 0.237. The number of carbonyl (C=O) groups is 2. The van der Waals surface area contributed by atoms with Crippen molar-refractivity contribution in [2.75, 3.05) is 7.11 Å². The number of aromatic carboxylic acids is 2. The molecule has 0 aliphatic rings. The summed E-state index contributed by atoms with van der Waals surface area (Å²) < 4.78 is 4.64. The number of hydrogen-bond acceptors (Lipinski definition) is 6. The lowest BCUT2D eigenvalue weighted by molar-refractivity contribution is -0.386. The number of carboxylic acids is 2. The minimum atomic E-state index is -1.73. The van der Waals surface area contributed by atoms with E-state index in [4.69, 9.17) is 10.2 Å². The van der Waals surface area contributed by atoms with Gasteiger partial charge < -0.3 is 14.9 Å². The van der Waals surface area contributed by atoms with Crippen molar-refractivity contribution in [2.45, 2.75) is 6.92 Å². The first-order chi connectivity index (χ1) is 8.31. The van der Waals surface area contributed by atoms with Crippen LogP contribution in [-0.4, -0.2) is 39.2 Å². The van der Waals surface area contributed by atoms with Crippen LogP contribution < -0.4 is 4.74 Å². The van der Waals surface area contributed by atoms with E-state index in [1.165, 1.54) is 6.92 Å². The van der Waals surface area contributed by atoms with Gasteiger partial charge in [-0.05, 0) is 6.92 Å². The second-order valence-corrected chi connectivity index (χ2v) is 3.17. The quantitative estimate of drug-likeness (QED) is 0.592. The maximum absolute atomic E-state index is 11.0. The van der Waals surface area contributed by atoms with Crippen molar-refractivity contribution in [3.63, 3.8) is 0 Å². The summed E-state index contributed by atoms with van der Waals surface area (Å²) in [5.41, 5.74) is -2.89. The van der Waals surface area contributed by atoms with Crippen LogP contribution in [-0.2, 0) is 0 Å². The van der Waals surface area contributed by atoms with Crippen molar-refractivity contribution in [3.05, 3.63) is 26.9 Å². The fraction of sp³-hybridized carbons (Fsp3) is 0.222. The van der Waals surface area contributed by atoms with Gasteiger partial charge >= 0.3 is 17.6 Å². The fourth-order valence-corrected chi connectivity index (χ4v) is 1.45. The maximum atomic E-state index is 11.0. The van der Waals surface area contributed by atoms with Crippen molar-refractivity contribution in [2.24, 2.45) is 0 Å². The summed E-state index contributed by atoms with van der Waals surface area (Å²) in [7, 11) is 1.09. The molecule has 96 valence electrons. The van der Waals surface area contributed by atoms with Crippen molar-refractivity contribution in [1.29, 1.82) is 0 Å². The molecule has 0 saturated heterocycles. The van der Waals surface area contributed by atoms with Crippen molar-refractivity contribution < 1.29 is 29.5 Å². The second-order valence-electron chi connectivity index (χ2n) is 3.17. The van der Waals surface area contributed by atoms with E-state index in [2.05, 4.69) is 9.72 Å².